The molecule has 2 unspecified atom stereocenters. The average Bonchev–Trinajstić information content (AvgIpc) is 2.36. The number of aromatic hydroxyl groups is 1. The van der Waals surface area contributed by atoms with Crippen molar-refractivity contribution >= 4 is 28.3 Å². The molecule has 0 aliphatic heterocycles. The summed E-state index contributed by atoms with van der Waals surface area (Å²) in [5, 5.41) is 10.6. The zero-order valence-corrected chi connectivity index (χ0v) is 17.3. The molecule has 0 saturated heterocycles. The number of hydrogen-bond donors (Lipinski definition) is 2. The first kappa shape index (κ1) is 21.5. The fraction of sp³-hybridized carbons (Fsp3) is 0.600. The minimum absolute atomic E-state index is 0.00365. The smallest absolute Gasteiger partial charge is 0.507 e. The molecule has 9 heteroatoms. The van der Waals surface area contributed by atoms with Crippen LogP contribution in [0.5, 0.6) is 5.75 Å². The second kappa shape index (κ2) is 8.22. The lowest BCUT2D eigenvalue weighted by Crippen LogP contribution is -2.17. The number of benzene rings is 1. The Labute approximate surface area is 148 Å². The van der Waals surface area contributed by atoms with Gasteiger partial charge in [0.1, 0.15) is 5.75 Å². The summed E-state index contributed by atoms with van der Waals surface area (Å²) < 4.78 is 30.7. The van der Waals surface area contributed by atoms with Crippen LogP contribution in [-0.4, -0.2) is 15.9 Å². The van der Waals surface area contributed by atoms with E-state index in [0.29, 0.717) is 0 Å². The van der Waals surface area contributed by atoms with Crippen molar-refractivity contribution < 1.29 is 28.0 Å². The molecule has 0 heterocycles. The van der Waals surface area contributed by atoms with Crippen LogP contribution in [0.4, 0.5) is 0 Å². The van der Waals surface area contributed by atoms with Gasteiger partial charge in [0, 0.05) is 25.2 Å². The van der Waals surface area contributed by atoms with Gasteiger partial charge in [0.2, 0.25) is 0 Å². The number of thioether (sulfide) groups is 1. The van der Waals surface area contributed by atoms with Crippen molar-refractivity contribution in [2.45, 2.75) is 57.3 Å². The van der Waals surface area contributed by atoms with Crippen LogP contribution in [0.3, 0.4) is 0 Å². The van der Waals surface area contributed by atoms with Crippen LogP contribution in [-0.2, 0) is 28.8 Å². The van der Waals surface area contributed by atoms with E-state index < -0.39 is 16.5 Å². The third-order valence-corrected chi connectivity index (χ3v) is 5.63. The predicted molar refractivity (Wildman–Crippen MR) is 95.8 cm³/mol. The van der Waals surface area contributed by atoms with Crippen molar-refractivity contribution in [3.63, 3.8) is 0 Å². The largest absolute Gasteiger partial charge is 0.748 e. The van der Waals surface area contributed by atoms with E-state index in [1.54, 1.807) is 0 Å². The van der Waals surface area contributed by atoms with E-state index in [1.165, 1.54) is 11.8 Å². The van der Waals surface area contributed by atoms with Crippen LogP contribution in [0, 0.1) is 0 Å². The summed E-state index contributed by atoms with van der Waals surface area (Å²) >= 11 is 1.27. The zero-order chi connectivity index (χ0) is 18.7. The lowest BCUT2D eigenvalue weighted by molar-refractivity contribution is 0.322. The molecular formula is C15H24O6P2S+2. The first-order valence-corrected chi connectivity index (χ1v) is 10.5. The second-order valence-corrected chi connectivity index (χ2v) is 10.1. The summed E-state index contributed by atoms with van der Waals surface area (Å²) in [5.74, 6) is 0.281. The van der Waals surface area contributed by atoms with E-state index in [0.717, 1.165) is 16.0 Å². The molecule has 2 atom stereocenters. The molecule has 24 heavy (non-hydrogen) atoms. The molecule has 1 aromatic rings. The van der Waals surface area contributed by atoms with Gasteiger partial charge in [-0.3, -0.25) is 0 Å². The van der Waals surface area contributed by atoms with Crippen LogP contribution in [0.2, 0.25) is 0 Å². The van der Waals surface area contributed by atoms with Crippen LogP contribution in [0.25, 0.3) is 0 Å². The molecule has 0 fully saturated rings. The Morgan fingerprint density at radius 2 is 1.50 bits per heavy atom. The Balaban J connectivity index is 3.03. The molecule has 0 aromatic heterocycles. The number of phenols is 1. The van der Waals surface area contributed by atoms with Crippen molar-refractivity contribution in [3.05, 3.63) is 23.3 Å². The third-order valence-electron chi connectivity index (χ3n) is 3.22. The van der Waals surface area contributed by atoms with Crippen molar-refractivity contribution in [2.75, 3.05) is 5.94 Å². The fourth-order valence-corrected chi connectivity index (χ4v) is 3.79. The average molecular weight is 394 g/mol. The maximum atomic E-state index is 11.3. The lowest BCUT2D eigenvalue weighted by Gasteiger charge is -2.28. The van der Waals surface area contributed by atoms with E-state index in [-0.39, 0.29) is 22.5 Å². The topological polar surface area (TPSA) is 93.1 Å². The quantitative estimate of drug-likeness (QED) is 0.380. The normalized spacial score (nSPS) is 13.8. The Morgan fingerprint density at radius 3 is 1.88 bits per heavy atom. The van der Waals surface area contributed by atoms with Crippen LogP contribution >= 0.6 is 28.3 Å². The molecular weight excluding hydrogens is 370 g/mol. The van der Waals surface area contributed by atoms with Gasteiger partial charge in [-0.05, 0) is 23.0 Å². The summed E-state index contributed by atoms with van der Waals surface area (Å²) in [7, 11) is -5.59. The minimum Gasteiger partial charge on any atom is -0.507 e. The molecule has 0 aliphatic carbocycles. The van der Waals surface area contributed by atoms with Gasteiger partial charge >= 0.3 is 16.5 Å². The van der Waals surface area contributed by atoms with Gasteiger partial charge in [-0.2, -0.15) is 0 Å². The predicted octanol–water partition coefficient (Wildman–Crippen LogP) is 5.38. The zero-order valence-electron chi connectivity index (χ0n) is 14.7. The molecule has 0 saturated carbocycles. The highest BCUT2D eigenvalue weighted by atomic mass is 32.2. The minimum atomic E-state index is -2.96. The molecule has 0 bridgehead atoms. The van der Waals surface area contributed by atoms with Crippen LogP contribution in [0.15, 0.2) is 17.0 Å². The SMILES string of the molecule is CC(C)(C)c1cc(SCO[P+](=O)O[P+](=O)O)cc(C(C)(C)C)c1O. The summed E-state index contributed by atoms with van der Waals surface area (Å²) in [6.45, 7) is 12.1. The number of phenolic OH excluding ortho intramolecular Hbond substituents is 1. The highest BCUT2D eigenvalue weighted by molar-refractivity contribution is 7.99. The Bertz CT molecular complexity index is 599. The van der Waals surface area contributed by atoms with Crippen molar-refractivity contribution in [2.24, 2.45) is 0 Å². The van der Waals surface area contributed by atoms with Crippen LogP contribution in [0.1, 0.15) is 52.7 Å². The highest BCUT2D eigenvalue weighted by Gasteiger charge is 2.36. The Hall–Kier alpha value is -0.550. The monoisotopic (exact) mass is 394 g/mol. The molecule has 6 nitrogen and oxygen atoms in total. The first-order valence-electron chi connectivity index (χ1n) is 7.27. The van der Waals surface area contributed by atoms with E-state index in [2.05, 4.69) is 4.31 Å². The van der Waals surface area contributed by atoms with Gasteiger partial charge in [-0.15, -0.1) is 9.42 Å². The summed E-state index contributed by atoms with van der Waals surface area (Å²) in [6.07, 6.45) is 0. The molecule has 134 valence electrons. The second-order valence-electron chi connectivity index (χ2n) is 7.30. The Kier molecular flexibility index (Phi) is 7.36. The van der Waals surface area contributed by atoms with E-state index in [4.69, 9.17) is 9.42 Å². The third kappa shape index (κ3) is 6.40. The lowest BCUT2D eigenvalue weighted by atomic mass is 9.79. The number of rotatable bonds is 6. The van der Waals surface area contributed by atoms with E-state index in [1.807, 2.05) is 53.7 Å². The van der Waals surface area contributed by atoms with Gasteiger partial charge in [0.15, 0.2) is 10.2 Å². The van der Waals surface area contributed by atoms with Gasteiger partial charge in [-0.25, -0.2) is 0 Å². The highest BCUT2D eigenvalue weighted by Crippen LogP contribution is 2.43. The van der Waals surface area contributed by atoms with Crippen molar-refractivity contribution in [1.82, 2.24) is 0 Å². The van der Waals surface area contributed by atoms with Gasteiger partial charge < -0.3 is 5.11 Å². The molecule has 0 aliphatic rings. The van der Waals surface area contributed by atoms with E-state index >= 15 is 0 Å². The standard InChI is InChI=1S/C15H22O6P2S/c1-14(2,3)11-7-10(8-12(13(11)16)15(4,5)6)24-9-20-23(19)21-22(17)18/h7-8H,9H2,1-6H3/p+2. The molecule has 1 aromatic carbocycles. The molecule has 0 spiro atoms. The summed E-state index contributed by atoms with van der Waals surface area (Å²) in [6, 6.07) is 3.75. The van der Waals surface area contributed by atoms with Crippen molar-refractivity contribution in [1.29, 1.82) is 0 Å². The maximum Gasteiger partial charge on any atom is 0.748 e. The Morgan fingerprint density at radius 1 is 1.04 bits per heavy atom. The molecule has 0 radical (unpaired) electrons. The van der Waals surface area contributed by atoms with Crippen molar-refractivity contribution in [3.8, 4) is 5.75 Å². The van der Waals surface area contributed by atoms with Crippen LogP contribution < -0.4 is 0 Å². The fourth-order valence-electron chi connectivity index (χ4n) is 2.05. The molecule has 0 amide bonds. The summed E-state index contributed by atoms with van der Waals surface area (Å²) in [5.41, 5.74) is 1.14. The first-order chi connectivity index (χ1) is 10.8. The maximum absolute atomic E-state index is 11.3. The number of hydrogen-bond acceptors (Lipinski definition) is 6. The van der Waals surface area contributed by atoms with Gasteiger partial charge in [0.25, 0.3) is 0 Å². The van der Waals surface area contributed by atoms with Gasteiger partial charge in [0.05, 0.1) is 0 Å². The van der Waals surface area contributed by atoms with Gasteiger partial charge in [-0.1, -0.05) is 53.3 Å². The summed E-state index contributed by atoms with van der Waals surface area (Å²) in [4.78, 5) is 9.36. The molecule has 1 rings (SSSR count). The van der Waals surface area contributed by atoms with E-state index in [9.17, 15) is 14.2 Å². The molecule has 2 N–H and O–H groups in total.